The lowest BCUT2D eigenvalue weighted by Crippen LogP contribution is -2.28. The zero-order chi connectivity index (χ0) is 18.7. The molecule has 0 aliphatic rings. The Morgan fingerprint density at radius 3 is 2.42 bits per heavy atom. The van der Waals surface area contributed by atoms with Gasteiger partial charge in [0.2, 0.25) is 0 Å². The summed E-state index contributed by atoms with van der Waals surface area (Å²) in [5, 5.41) is 3.86. The Kier molecular flexibility index (Phi) is 5.16. The number of benzene rings is 2. The minimum atomic E-state index is -0.235. The van der Waals surface area contributed by atoms with Crippen molar-refractivity contribution in [2.45, 2.75) is 20.8 Å². The number of methoxy groups -OCH3 is 1. The molecule has 0 aliphatic heterocycles. The first kappa shape index (κ1) is 17.9. The molecule has 1 heterocycles. The van der Waals surface area contributed by atoms with Crippen molar-refractivity contribution in [1.82, 2.24) is 5.32 Å². The second-order valence-electron chi connectivity index (χ2n) is 6.21. The summed E-state index contributed by atoms with van der Waals surface area (Å²) in [6, 6.07) is 11.5. The van der Waals surface area contributed by atoms with E-state index in [0.717, 1.165) is 27.7 Å². The largest absolute Gasteiger partial charge is 0.493 e. The number of hydrogen-bond acceptors (Lipinski definition) is 4. The second-order valence-corrected chi connectivity index (χ2v) is 6.21. The van der Waals surface area contributed by atoms with E-state index < -0.39 is 0 Å². The number of fused-ring (bicyclic) bond motifs is 1. The van der Waals surface area contributed by atoms with Gasteiger partial charge in [0.25, 0.3) is 5.91 Å². The van der Waals surface area contributed by atoms with Crippen LogP contribution in [0.5, 0.6) is 11.5 Å². The molecule has 2 aromatic carbocycles. The third-order valence-electron chi connectivity index (χ3n) is 4.40. The van der Waals surface area contributed by atoms with Crippen LogP contribution in [0.25, 0.3) is 11.0 Å². The summed E-state index contributed by atoms with van der Waals surface area (Å²) in [6.07, 6.45) is 0. The second kappa shape index (κ2) is 7.52. The molecule has 0 atom stereocenters. The van der Waals surface area contributed by atoms with Gasteiger partial charge in [-0.25, -0.2) is 0 Å². The molecule has 0 aliphatic carbocycles. The number of carbonyl (C=O) groups is 1. The van der Waals surface area contributed by atoms with Gasteiger partial charge in [-0.1, -0.05) is 24.3 Å². The molecular weight excluding hydrogens is 330 g/mol. The average Bonchev–Trinajstić information content (AvgIpc) is 3.01. The number of rotatable bonds is 6. The Balaban J connectivity index is 1.66. The zero-order valence-corrected chi connectivity index (χ0v) is 15.5. The van der Waals surface area contributed by atoms with Crippen LogP contribution in [0, 0.1) is 20.8 Å². The summed E-state index contributed by atoms with van der Waals surface area (Å²) in [5.74, 6) is 1.43. The third-order valence-corrected chi connectivity index (χ3v) is 4.40. The van der Waals surface area contributed by atoms with Gasteiger partial charge in [-0.2, -0.15) is 0 Å². The summed E-state index contributed by atoms with van der Waals surface area (Å²) in [7, 11) is 1.60. The normalized spacial score (nSPS) is 10.8. The van der Waals surface area contributed by atoms with Crippen LogP contribution in [0.15, 0.2) is 40.8 Å². The predicted octanol–water partition coefficient (Wildman–Crippen LogP) is 4.18. The Morgan fingerprint density at radius 1 is 1.04 bits per heavy atom. The molecule has 3 aromatic rings. The van der Waals surface area contributed by atoms with Gasteiger partial charge in [-0.3, -0.25) is 4.79 Å². The van der Waals surface area contributed by atoms with E-state index in [0.29, 0.717) is 30.4 Å². The van der Waals surface area contributed by atoms with E-state index in [1.807, 2.05) is 57.2 Å². The van der Waals surface area contributed by atoms with Crippen molar-refractivity contribution in [3.63, 3.8) is 0 Å². The van der Waals surface area contributed by atoms with Crippen molar-refractivity contribution in [1.29, 1.82) is 0 Å². The van der Waals surface area contributed by atoms with Crippen LogP contribution in [0.2, 0.25) is 0 Å². The Hall–Kier alpha value is -2.95. The van der Waals surface area contributed by atoms with Gasteiger partial charge in [-0.05, 0) is 44.0 Å². The SMILES string of the molecule is COc1ccccc1OCCNC(=O)c1oc2c(C)ccc(C)c2c1C. The average molecular weight is 353 g/mol. The molecule has 5 heteroatoms. The predicted molar refractivity (Wildman–Crippen MR) is 101 cm³/mol. The van der Waals surface area contributed by atoms with Crippen LogP contribution in [0.1, 0.15) is 27.2 Å². The minimum absolute atomic E-state index is 0.235. The standard InChI is InChI=1S/C21H23NO4/c1-13-9-10-14(2)19-18(13)15(3)20(26-19)21(23)22-11-12-25-17-8-6-5-7-16(17)24-4/h5-10H,11-12H2,1-4H3,(H,22,23). The van der Waals surface area contributed by atoms with E-state index in [9.17, 15) is 4.79 Å². The van der Waals surface area contributed by atoms with E-state index >= 15 is 0 Å². The fourth-order valence-electron chi connectivity index (χ4n) is 3.04. The van der Waals surface area contributed by atoms with E-state index in [2.05, 4.69) is 5.32 Å². The van der Waals surface area contributed by atoms with Gasteiger partial charge in [0.05, 0.1) is 13.7 Å². The van der Waals surface area contributed by atoms with Gasteiger partial charge >= 0.3 is 0 Å². The number of amides is 1. The van der Waals surface area contributed by atoms with Crippen molar-refractivity contribution < 1.29 is 18.7 Å². The molecule has 26 heavy (non-hydrogen) atoms. The fraction of sp³-hybridized carbons (Fsp3) is 0.286. The molecule has 5 nitrogen and oxygen atoms in total. The van der Waals surface area contributed by atoms with Crippen molar-refractivity contribution in [3.05, 3.63) is 58.8 Å². The zero-order valence-electron chi connectivity index (χ0n) is 15.5. The molecule has 1 amide bonds. The first-order valence-electron chi connectivity index (χ1n) is 8.56. The summed E-state index contributed by atoms with van der Waals surface area (Å²) < 4.78 is 16.8. The van der Waals surface area contributed by atoms with Gasteiger partial charge in [0.1, 0.15) is 12.2 Å². The Bertz CT molecular complexity index is 943. The van der Waals surface area contributed by atoms with Crippen molar-refractivity contribution >= 4 is 16.9 Å². The summed E-state index contributed by atoms with van der Waals surface area (Å²) in [6.45, 7) is 6.62. The maximum Gasteiger partial charge on any atom is 0.287 e. The third kappa shape index (κ3) is 3.38. The lowest BCUT2D eigenvalue weighted by molar-refractivity contribution is 0.0920. The highest BCUT2D eigenvalue weighted by molar-refractivity contribution is 6.00. The quantitative estimate of drug-likeness (QED) is 0.676. The van der Waals surface area contributed by atoms with Crippen LogP contribution < -0.4 is 14.8 Å². The topological polar surface area (TPSA) is 60.7 Å². The van der Waals surface area contributed by atoms with Gasteiger partial charge in [0.15, 0.2) is 17.3 Å². The summed E-state index contributed by atoms with van der Waals surface area (Å²) >= 11 is 0. The van der Waals surface area contributed by atoms with Gasteiger partial charge in [0, 0.05) is 10.9 Å². The lowest BCUT2D eigenvalue weighted by atomic mass is 10.0. The van der Waals surface area contributed by atoms with Crippen LogP contribution in [0.4, 0.5) is 0 Å². The molecule has 1 aromatic heterocycles. The highest BCUT2D eigenvalue weighted by Crippen LogP contribution is 2.30. The molecule has 0 spiro atoms. The number of carbonyl (C=O) groups excluding carboxylic acids is 1. The number of hydrogen-bond donors (Lipinski definition) is 1. The molecule has 0 saturated carbocycles. The summed E-state index contributed by atoms with van der Waals surface area (Å²) in [5.41, 5.74) is 3.76. The molecule has 136 valence electrons. The molecule has 1 N–H and O–H groups in total. The first-order valence-corrected chi connectivity index (χ1v) is 8.56. The summed E-state index contributed by atoms with van der Waals surface area (Å²) in [4.78, 5) is 12.5. The number of furan rings is 1. The van der Waals surface area contributed by atoms with Crippen molar-refractivity contribution in [3.8, 4) is 11.5 Å². The van der Waals surface area contributed by atoms with Crippen LogP contribution >= 0.6 is 0 Å². The highest BCUT2D eigenvalue weighted by atomic mass is 16.5. The monoisotopic (exact) mass is 353 g/mol. The van der Waals surface area contributed by atoms with Crippen LogP contribution in [-0.4, -0.2) is 26.2 Å². The molecular formula is C21H23NO4. The molecule has 0 bridgehead atoms. The van der Waals surface area contributed by atoms with E-state index in [1.165, 1.54) is 0 Å². The Morgan fingerprint density at radius 2 is 1.73 bits per heavy atom. The van der Waals surface area contributed by atoms with Gasteiger partial charge < -0.3 is 19.2 Å². The molecule has 0 fully saturated rings. The van der Waals surface area contributed by atoms with Crippen LogP contribution in [-0.2, 0) is 0 Å². The highest BCUT2D eigenvalue weighted by Gasteiger charge is 2.19. The maximum atomic E-state index is 12.5. The number of aryl methyl sites for hydroxylation is 3. The first-order chi connectivity index (χ1) is 12.5. The lowest BCUT2D eigenvalue weighted by Gasteiger charge is -2.10. The number of nitrogens with one attached hydrogen (secondary N) is 1. The van der Waals surface area contributed by atoms with Crippen molar-refractivity contribution in [2.75, 3.05) is 20.3 Å². The van der Waals surface area contributed by atoms with Crippen LogP contribution in [0.3, 0.4) is 0 Å². The molecule has 0 unspecified atom stereocenters. The Labute approximate surface area is 152 Å². The van der Waals surface area contributed by atoms with Crippen molar-refractivity contribution in [2.24, 2.45) is 0 Å². The minimum Gasteiger partial charge on any atom is -0.493 e. The number of ether oxygens (including phenoxy) is 2. The van der Waals surface area contributed by atoms with E-state index in [4.69, 9.17) is 13.9 Å². The molecule has 0 radical (unpaired) electrons. The van der Waals surface area contributed by atoms with Gasteiger partial charge in [-0.15, -0.1) is 0 Å². The maximum absolute atomic E-state index is 12.5. The molecule has 3 rings (SSSR count). The number of para-hydroxylation sites is 2. The smallest absolute Gasteiger partial charge is 0.287 e. The van der Waals surface area contributed by atoms with E-state index in [-0.39, 0.29) is 5.91 Å². The van der Waals surface area contributed by atoms with E-state index in [1.54, 1.807) is 7.11 Å². The fourth-order valence-corrected chi connectivity index (χ4v) is 3.04. The molecule has 0 saturated heterocycles.